The molecule has 6 heteroatoms. The van der Waals surface area contributed by atoms with Crippen LogP contribution in [0.15, 0.2) is 24.3 Å². The summed E-state index contributed by atoms with van der Waals surface area (Å²) >= 11 is 0. The number of nitriles is 1. The van der Waals surface area contributed by atoms with Crippen LogP contribution in [0.2, 0.25) is 0 Å². The highest BCUT2D eigenvalue weighted by atomic mass is 16.5. The summed E-state index contributed by atoms with van der Waals surface area (Å²) < 4.78 is 4.78. The first-order valence-electron chi connectivity index (χ1n) is 8.13. The number of hydrogen-bond acceptors (Lipinski definition) is 6. The highest BCUT2D eigenvalue weighted by Gasteiger charge is 2.30. The van der Waals surface area contributed by atoms with Gasteiger partial charge in [-0.1, -0.05) is 19.1 Å². The Morgan fingerprint density at radius 2 is 1.92 bits per heavy atom. The number of para-hydroxylation sites is 2. The van der Waals surface area contributed by atoms with Gasteiger partial charge in [0.1, 0.15) is 5.69 Å². The maximum atomic E-state index is 12.0. The minimum Gasteiger partial charge on any atom is -0.468 e. The summed E-state index contributed by atoms with van der Waals surface area (Å²) in [5.41, 5.74) is 1.82. The molecular weight excluding hydrogens is 304 g/mol. The van der Waals surface area contributed by atoms with Gasteiger partial charge in [0, 0.05) is 13.1 Å². The van der Waals surface area contributed by atoms with Crippen LogP contribution in [0.25, 0.3) is 11.0 Å². The molecule has 0 bridgehead atoms. The zero-order chi connectivity index (χ0) is 17.1. The highest BCUT2D eigenvalue weighted by molar-refractivity contribution is 5.85. The van der Waals surface area contributed by atoms with E-state index in [0.717, 1.165) is 31.4 Å². The zero-order valence-electron chi connectivity index (χ0n) is 13.9. The highest BCUT2D eigenvalue weighted by Crippen LogP contribution is 2.30. The average molecular weight is 324 g/mol. The topological polar surface area (TPSA) is 79.1 Å². The Morgan fingerprint density at radius 3 is 2.50 bits per heavy atom. The molecule has 124 valence electrons. The van der Waals surface area contributed by atoms with Crippen molar-refractivity contribution in [1.29, 1.82) is 5.26 Å². The van der Waals surface area contributed by atoms with E-state index in [1.165, 1.54) is 7.11 Å². The van der Waals surface area contributed by atoms with Crippen LogP contribution in [0.5, 0.6) is 0 Å². The molecule has 0 saturated carbocycles. The fourth-order valence-corrected chi connectivity index (χ4v) is 2.99. The van der Waals surface area contributed by atoms with Crippen molar-refractivity contribution in [3.63, 3.8) is 0 Å². The molecular formula is C18H20N4O2. The molecule has 1 aliphatic heterocycles. The van der Waals surface area contributed by atoms with Crippen molar-refractivity contribution < 1.29 is 9.53 Å². The minimum atomic E-state index is -1.07. The molecule has 24 heavy (non-hydrogen) atoms. The van der Waals surface area contributed by atoms with Crippen molar-refractivity contribution >= 4 is 22.8 Å². The van der Waals surface area contributed by atoms with Crippen molar-refractivity contribution in [2.24, 2.45) is 5.92 Å². The molecule has 0 unspecified atom stereocenters. The van der Waals surface area contributed by atoms with Crippen LogP contribution in [-0.4, -0.2) is 36.1 Å². The third kappa shape index (κ3) is 3.02. The second kappa shape index (κ2) is 6.83. The molecule has 0 aliphatic carbocycles. The summed E-state index contributed by atoms with van der Waals surface area (Å²) in [6, 6.07) is 9.51. The van der Waals surface area contributed by atoms with E-state index in [1.54, 1.807) is 0 Å². The van der Waals surface area contributed by atoms with E-state index >= 15 is 0 Å². The van der Waals surface area contributed by atoms with Gasteiger partial charge in [-0.3, -0.25) is 4.79 Å². The van der Waals surface area contributed by atoms with Gasteiger partial charge in [0.2, 0.25) is 0 Å². The standard InChI is InChI=1S/C18H20N4O2/c1-12-7-9-22(10-8-12)17-16(13(11-19)18(23)24-2)20-14-5-3-4-6-15(14)21-17/h3-6,12-13H,7-10H2,1-2H3/t13-/m0/s1. The largest absolute Gasteiger partial charge is 0.468 e. The lowest BCUT2D eigenvalue weighted by atomic mass is 9.98. The normalized spacial score (nSPS) is 16.6. The number of nitrogens with zero attached hydrogens (tertiary/aromatic N) is 4. The summed E-state index contributed by atoms with van der Waals surface area (Å²) in [6.07, 6.45) is 2.12. The van der Waals surface area contributed by atoms with Crippen molar-refractivity contribution in [2.45, 2.75) is 25.7 Å². The smallest absolute Gasteiger partial charge is 0.329 e. The molecule has 3 rings (SSSR count). The molecule has 6 nitrogen and oxygen atoms in total. The molecule has 1 saturated heterocycles. The van der Waals surface area contributed by atoms with Gasteiger partial charge in [-0.2, -0.15) is 5.26 Å². The number of hydrogen-bond donors (Lipinski definition) is 0. The minimum absolute atomic E-state index is 0.387. The molecule has 1 aliphatic rings. The van der Waals surface area contributed by atoms with Gasteiger partial charge < -0.3 is 9.64 Å². The number of anilines is 1. The summed E-state index contributed by atoms with van der Waals surface area (Å²) in [6.45, 7) is 3.93. The Hall–Kier alpha value is -2.68. The maximum Gasteiger partial charge on any atom is 0.329 e. The summed E-state index contributed by atoms with van der Waals surface area (Å²) in [5, 5.41) is 9.48. The molecule has 1 fully saturated rings. The van der Waals surface area contributed by atoms with Crippen molar-refractivity contribution in [1.82, 2.24) is 9.97 Å². The first-order valence-corrected chi connectivity index (χ1v) is 8.13. The number of aromatic nitrogens is 2. The second-order valence-electron chi connectivity index (χ2n) is 6.18. The maximum absolute atomic E-state index is 12.0. The third-order valence-electron chi connectivity index (χ3n) is 4.50. The summed E-state index contributed by atoms with van der Waals surface area (Å²) in [5.74, 6) is -0.377. The van der Waals surface area contributed by atoms with Gasteiger partial charge in [0.15, 0.2) is 11.7 Å². The lowest BCUT2D eigenvalue weighted by molar-refractivity contribution is -0.141. The molecule has 2 aromatic rings. The molecule has 0 radical (unpaired) electrons. The second-order valence-corrected chi connectivity index (χ2v) is 6.18. The first kappa shape index (κ1) is 16.2. The monoisotopic (exact) mass is 324 g/mol. The van der Waals surface area contributed by atoms with Gasteiger partial charge in [0.25, 0.3) is 0 Å². The van der Waals surface area contributed by atoms with Gasteiger partial charge in [-0.15, -0.1) is 0 Å². The average Bonchev–Trinajstić information content (AvgIpc) is 2.62. The van der Waals surface area contributed by atoms with Gasteiger partial charge in [-0.25, -0.2) is 9.97 Å². The van der Waals surface area contributed by atoms with Gasteiger partial charge in [0.05, 0.1) is 24.2 Å². The first-order chi connectivity index (χ1) is 11.6. The van der Waals surface area contributed by atoms with Crippen molar-refractivity contribution in [3.05, 3.63) is 30.0 Å². The summed E-state index contributed by atoms with van der Waals surface area (Å²) in [7, 11) is 1.28. The number of carbonyl (C=O) groups is 1. The molecule has 1 atom stereocenters. The zero-order valence-corrected chi connectivity index (χ0v) is 13.9. The van der Waals surface area contributed by atoms with Crippen LogP contribution in [0.1, 0.15) is 31.4 Å². The van der Waals surface area contributed by atoms with E-state index in [9.17, 15) is 10.1 Å². The number of esters is 1. The predicted octanol–water partition coefficient (Wildman–Crippen LogP) is 2.65. The van der Waals surface area contributed by atoms with Crippen LogP contribution < -0.4 is 4.90 Å². The predicted molar refractivity (Wildman–Crippen MR) is 90.5 cm³/mol. The van der Waals surface area contributed by atoms with E-state index in [1.807, 2.05) is 30.3 Å². The fourth-order valence-electron chi connectivity index (χ4n) is 2.99. The number of carbonyl (C=O) groups excluding carboxylic acids is 1. The number of methoxy groups -OCH3 is 1. The Balaban J connectivity index is 2.12. The van der Waals surface area contributed by atoms with Gasteiger partial charge in [-0.05, 0) is 30.9 Å². The van der Waals surface area contributed by atoms with E-state index < -0.39 is 11.9 Å². The Kier molecular flexibility index (Phi) is 4.61. The van der Waals surface area contributed by atoms with E-state index in [4.69, 9.17) is 9.72 Å². The number of ether oxygens (including phenoxy) is 1. The SMILES string of the molecule is COC(=O)[C@@H](C#N)c1nc2ccccc2nc1N1CCC(C)CC1. The van der Waals surface area contributed by atoms with Crippen LogP contribution in [0, 0.1) is 17.2 Å². The lowest BCUT2D eigenvalue weighted by Crippen LogP contribution is -2.35. The van der Waals surface area contributed by atoms with Crippen LogP contribution >= 0.6 is 0 Å². The molecule has 0 N–H and O–H groups in total. The molecule has 1 aromatic carbocycles. The van der Waals surface area contributed by atoms with Crippen LogP contribution in [0.3, 0.4) is 0 Å². The molecule has 0 spiro atoms. The van der Waals surface area contributed by atoms with E-state index in [-0.39, 0.29) is 0 Å². The molecule has 1 aromatic heterocycles. The van der Waals surface area contributed by atoms with Crippen molar-refractivity contribution in [2.75, 3.05) is 25.1 Å². The Labute approximate surface area is 141 Å². The molecule has 2 heterocycles. The number of fused-ring (bicyclic) bond motifs is 1. The van der Waals surface area contributed by atoms with Crippen LogP contribution in [-0.2, 0) is 9.53 Å². The number of piperidine rings is 1. The quantitative estimate of drug-likeness (QED) is 0.808. The van der Waals surface area contributed by atoms with E-state index in [0.29, 0.717) is 22.9 Å². The lowest BCUT2D eigenvalue weighted by Gasteiger charge is -2.32. The Morgan fingerprint density at radius 1 is 1.29 bits per heavy atom. The molecule has 0 amide bonds. The van der Waals surface area contributed by atoms with Gasteiger partial charge >= 0.3 is 5.97 Å². The van der Waals surface area contributed by atoms with Crippen molar-refractivity contribution in [3.8, 4) is 6.07 Å². The van der Waals surface area contributed by atoms with E-state index in [2.05, 4.69) is 16.8 Å². The third-order valence-corrected chi connectivity index (χ3v) is 4.50. The summed E-state index contributed by atoms with van der Waals surface area (Å²) in [4.78, 5) is 23.5. The fraction of sp³-hybridized carbons (Fsp3) is 0.444. The van der Waals surface area contributed by atoms with Crippen LogP contribution in [0.4, 0.5) is 5.82 Å². The number of rotatable bonds is 3. The number of benzene rings is 1. The Bertz CT molecular complexity index is 791.